The number of aliphatic imine (C=N–C) groups is 1. The lowest BCUT2D eigenvalue weighted by molar-refractivity contribution is -0.111. The van der Waals surface area contributed by atoms with E-state index in [1.54, 1.807) is 4.90 Å². The Morgan fingerprint density at radius 1 is 1.39 bits per heavy atom. The molecule has 1 aliphatic heterocycles. The van der Waals surface area contributed by atoms with Crippen molar-refractivity contribution < 1.29 is 19.4 Å². The van der Waals surface area contributed by atoms with Gasteiger partial charge in [-0.1, -0.05) is 13.2 Å². The van der Waals surface area contributed by atoms with Gasteiger partial charge in [-0.2, -0.15) is 5.26 Å². The van der Waals surface area contributed by atoms with Gasteiger partial charge in [0.05, 0.1) is 18.3 Å². The van der Waals surface area contributed by atoms with Crippen LogP contribution < -0.4 is 5.32 Å². The molecule has 174 valence electrons. The molecular formula is C24H28N4O4S. The standard InChI is InChI=1S/C24H28N4O4S/c1-3-26-13-16(2)6-9-22(30)27-23-20(12-25)19-8-7-17(11-21(19)33-23)15-32-24(31)28-10-4-5-18(29)14-28/h3,6,9,13,17-18,29H,1-2,4-5,7-8,10-11,14-15H2,(H,27,30)/b9-6+,26-13?/t17-,18-/m1/s1. The van der Waals surface area contributed by atoms with Crippen LogP contribution in [0.5, 0.6) is 0 Å². The van der Waals surface area contributed by atoms with Crippen LogP contribution in [0.25, 0.3) is 0 Å². The zero-order valence-corrected chi connectivity index (χ0v) is 19.3. The average molecular weight is 469 g/mol. The molecule has 2 heterocycles. The molecule has 0 saturated carbocycles. The number of rotatable bonds is 7. The molecule has 3 rings (SSSR count). The molecule has 0 bridgehead atoms. The number of likely N-dealkylation sites (tertiary alicyclic amines) is 1. The fourth-order valence-corrected chi connectivity index (χ4v) is 5.25. The first kappa shape index (κ1) is 24.4. The minimum absolute atomic E-state index is 0.150. The monoisotopic (exact) mass is 468 g/mol. The number of β-amino-alcohol motifs (C(OH)–C–C–N with tert-alkyl or cyclic N) is 1. The van der Waals surface area contributed by atoms with E-state index < -0.39 is 6.10 Å². The second kappa shape index (κ2) is 11.6. The number of anilines is 1. The number of piperidine rings is 1. The average Bonchev–Trinajstić information content (AvgIpc) is 3.15. The highest BCUT2D eigenvalue weighted by atomic mass is 32.1. The molecule has 2 aliphatic rings. The van der Waals surface area contributed by atoms with E-state index in [4.69, 9.17) is 4.74 Å². The lowest BCUT2D eigenvalue weighted by Crippen LogP contribution is -2.42. The van der Waals surface area contributed by atoms with Gasteiger partial charge in [-0.25, -0.2) is 4.79 Å². The van der Waals surface area contributed by atoms with Crippen molar-refractivity contribution in [2.75, 3.05) is 25.0 Å². The predicted octanol–water partition coefficient (Wildman–Crippen LogP) is 3.58. The van der Waals surface area contributed by atoms with Crippen LogP contribution in [0.2, 0.25) is 0 Å². The van der Waals surface area contributed by atoms with Crippen molar-refractivity contribution >= 4 is 34.6 Å². The van der Waals surface area contributed by atoms with Crippen molar-refractivity contribution in [3.05, 3.63) is 53.1 Å². The van der Waals surface area contributed by atoms with Crippen molar-refractivity contribution in [3.63, 3.8) is 0 Å². The highest BCUT2D eigenvalue weighted by Crippen LogP contribution is 2.39. The summed E-state index contributed by atoms with van der Waals surface area (Å²) < 4.78 is 5.51. The number of carbonyl (C=O) groups excluding carboxylic acids is 2. The molecule has 1 aromatic rings. The number of allylic oxidation sites excluding steroid dienone is 2. The lowest BCUT2D eigenvalue weighted by atomic mass is 9.88. The predicted molar refractivity (Wildman–Crippen MR) is 128 cm³/mol. The molecule has 1 fully saturated rings. The van der Waals surface area contributed by atoms with Crippen LogP contribution in [0.1, 0.15) is 35.3 Å². The fourth-order valence-electron chi connectivity index (χ4n) is 3.93. The summed E-state index contributed by atoms with van der Waals surface area (Å²) in [7, 11) is 0. The number of carbonyl (C=O) groups is 2. The van der Waals surface area contributed by atoms with Gasteiger partial charge < -0.3 is 20.1 Å². The Morgan fingerprint density at radius 2 is 2.21 bits per heavy atom. The number of hydrogen-bond acceptors (Lipinski definition) is 7. The summed E-state index contributed by atoms with van der Waals surface area (Å²) in [6.45, 7) is 8.46. The van der Waals surface area contributed by atoms with Crippen molar-refractivity contribution in [2.24, 2.45) is 10.9 Å². The van der Waals surface area contributed by atoms with E-state index in [-0.39, 0.29) is 17.9 Å². The van der Waals surface area contributed by atoms with Gasteiger partial charge in [0.15, 0.2) is 0 Å². The Hall–Kier alpha value is -3.22. The summed E-state index contributed by atoms with van der Waals surface area (Å²) in [4.78, 5) is 31.0. The van der Waals surface area contributed by atoms with E-state index in [1.807, 2.05) is 0 Å². The van der Waals surface area contributed by atoms with Crippen LogP contribution >= 0.6 is 11.3 Å². The Bertz CT molecular complexity index is 1020. The molecule has 8 nitrogen and oxygen atoms in total. The summed E-state index contributed by atoms with van der Waals surface area (Å²) in [5, 5.41) is 22.7. The molecule has 2 atom stereocenters. The van der Waals surface area contributed by atoms with Crippen molar-refractivity contribution in [1.29, 1.82) is 5.26 Å². The molecule has 0 radical (unpaired) electrons. The van der Waals surface area contributed by atoms with Gasteiger partial charge in [0.1, 0.15) is 11.1 Å². The van der Waals surface area contributed by atoms with Crippen molar-refractivity contribution in [3.8, 4) is 6.07 Å². The van der Waals surface area contributed by atoms with Crippen LogP contribution in [-0.4, -0.2) is 54.0 Å². The Balaban J connectivity index is 1.58. The highest BCUT2D eigenvalue weighted by Gasteiger charge is 2.28. The maximum atomic E-state index is 12.3. The third-order valence-corrected chi connectivity index (χ3v) is 6.78. The van der Waals surface area contributed by atoms with Gasteiger partial charge >= 0.3 is 6.09 Å². The fraction of sp³-hybridized carbons (Fsp3) is 0.417. The van der Waals surface area contributed by atoms with Gasteiger partial charge in [-0.3, -0.25) is 9.79 Å². The van der Waals surface area contributed by atoms with Crippen molar-refractivity contribution in [2.45, 2.75) is 38.2 Å². The number of hydrogen-bond donors (Lipinski definition) is 2. The Kier molecular flexibility index (Phi) is 8.58. The largest absolute Gasteiger partial charge is 0.449 e. The number of aliphatic hydroxyl groups is 1. The summed E-state index contributed by atoms with van der Waals surface area (Å²) in [6.07, 6.45) is 8.53. The van der Waals surface area contributed by atoms with E-state index in [1.165, 1.54) is 35.9 Å². The maximum absolute atomic E-state index is 12.3. The molecule has 0 aromatic carbocycles. The first-order valence-electron chi connectivity index (χ1n) is 10.9. The van der Waals surface area contributed by atoms with Gasteiger partial charge in [0.2, 0.25) is 5.91 Å². The van der Waals surface area contributed by atoms with Gasteiger partial charge in [-0.15, -0.1) is 11.3 Å². The Labute approximate surface area is 197 Å². The number of ether oxygens (including phenoxy) is 1. The summed E-state index contributed by atoms with van der Waals surface area (Å²) >= 11 is 1.40. The lowest BCUT2D eigenvalue weighted by Gasteiger charge is -2.30. The topological polar surface area (TPSA) is 115 Å². The van der Waals surface area contributed by atoms with E-state index in [0.717, 1.165) is 23.3 Å². The molecule has 0 spiro atoms. The number of fused-ring (bicyclic) bond motifs is 1. The molecule has 1 aliphatic carbocycles. The molecule has 2 N–H and O–H groups in total. The van der Waals surface area contributed by atoms with E-state index in [9.17, 15) is 20.0 Å². The molecule has 0 unspecified atom stereocenters. The number of nitriles is 1. The molecule has 2 amide bonds. The Morgan fingerprint density at radius 3 is 2.94 bits per heavy atom. The van der Waals surface area contributed by atoms with Crippen LogP contribution in [0.15, 0.2) is 42.1 Å². The quantitative estimate of drug-likeness (QED) is 0.361. The first-order chi connectivity index (χ1) is 15.9. The zero-order chi connectivity index (χ0) is 23.8. The minimum Gasteiger partial charge on any atom is -0.449 e. The number of amides is 2. The third kappa shape index (κ3) is 6.63. The summed E-state index contributed by atoms with van der Waals surface area (Å²) in [5.41, 5.74) is 2.01. The maximum Gasteiger partial charge on any atom is 0.409 e. The minimum atomic E-state index is -0.485. The second-order valence-electron chi connectivity index (χ2n) is 8.11. The molecule has 33 heavy (non-hydrogen) atoms. The smallest absolute Gasteiger partial charge is 0.409 e. The second-order valence-corrected chi connectivity index (χ2v) is 9.21. The highest BCUT2D eigenvalue weighted by molar-refractivity contribution is 7.16. The van der Waals surface area contributed by atoms with Gasteiger partial charge in [0, 0.05) is 36.5 Å². The normalized spacial score (nSPS) is 20.3. The van der Waals surface area contributed by atoms with E-state index in [0.29, 0.717) is 55.1 Å². The van der Waals surface area contributed by atoms with E-state index >= 15 is 0 Å². The van der Waals surface area contributed by atoms with Crippen LogP contribution in [0.4, 0.5) is 9.80 Å². The zero-order valence-electron chi connectivity index (χ0n) is 18.5. The number of nitrogens with zero attached hydrogens (tertiary/aromatic N) is 3. The molecule has 9 heteroatoms. The summed E-state index contributed by atoms with van der Waals surface area (Å²) in [6, 6.07) is 2.22. The van der Waals surface area contributed by atoms with Gasteiger partial charge in [-0.05, 0) is 55.2 Å². The van der Waals surface area contributed by atoms with E-state index in [2.05, 4.69) is 29.5 Å². The van der Waals surface area contributed by atoms with Crippen LogP contribution in [0, 0.1) is 17.2 Å². The number of aliphatic hydroxyl groups excluding tert-OH is 1. The SMILES string of the molecule is C=CN=CC(=C)/C=C/C(=O)Nc1sc2c(c1C#N)CC[C@@H](COC(=O)N1CCC[C@@H](O)C1)C2. The third-order valence-electron chi connectivity index (χ3n) is 5.61. The molecule has 1 saturated heterocycles. The molecule has 1 aromatic heterocycles. The van der Waals surface area contributed by atoms with Crippen LogP contribution in [0.3, 0.4) is 0 Å². The number of thiophene rings is 1. The first-order valence-corrected chi connectivity index (χ1v) is 11.7. The van der Waals surface area contributed by atoms with Crippen molar-refractivity contribution in [1.82, 2.24) is 4.90 Å². The molecular weight excluding hydrogens is 440 g/mol. The number of nitrogens with one attached hydrogen (secondary N) is 1. The van der Waals surface area contributed by atoms with Gasteiger partial charge in [0.25, 0.3) is 0 Å². The summed E-state index contributed by atoms with van der Waals surface area (Å²) in [5.74, 6) is -0.204. The van der Waals surface area contributed by atoms with Crippen LogP contribution in [-0.2, 0) is 22.4 Å².